The first-order chi connectivity index (χ1) is 17.1. The second kappa shape index (κ2) is 9.57. The predicted molar refractivity (Wildman–Crippen MR) is 135 cm³/mol. The molecule has 6 nitrogen and oxygen atoms in total. The van der Waals surface area contributed by atoms with E-state index in [2.05, 4.69) is 10.1 Å². The SMILES string of the molecule is CN(C1=NC(=O)C(=Cc2ccc3c(cnn3Cc3ccc(Cl)cc3C(F)(F)F)c2)S1)C(CO)C1CC1. The van der Waals surface area contributed by atoms with Crippen molar-refractivity contribution in [1.82, 2.24) is 14.7 Å². The van der Waals surface area contributed by atoms with E-state index in [1.807, 2.05) is 18.0 Å². The average molecular weight is 535 g/mol. The first-order valence-corrected chi connectivity index (χ1v) is 12.5. The molecule has 0 bridgehead atoms. The van der Waals surface area contributed by atoms with Gasteiger partial charge in [0.15, 0.2) is 5.17 Å². The Balaban J connectivity index is 1.36. The summed E-state index contributed by atoms with van der Waals surface area (Å²) >= 11 is 7.05. The number of halogens is 4. The number of amides is 1. The van der Waals surface area contributed by atoms with Crippen LogP contribution in [0.2, 0.25) is 5.02 Å². The van der Waals surface area contributed by atoms with Crippen LogP contribution in [0.4, 0.5) is 13.2 Å². The summed E-state index contributed by atoms with van der Waals surface area (Å²) < 4.78 is 42.0. The zero-order valence-electron chi connectivity index (χ0n) is 19.2. The lowest BCUT2D eigenvalue weighted by atomic mass is 10.1. The average Bonchev–Trinajstić information content (AvgIpc) is 3.49. The van der Waals surface area contributed by atoms with Gasteiger partial charge in [-0.25, -0.2) is 0 Å². The molecule has 1 unspecified atom stereocenters. The zero-order chi connectivity index (χ0) is 25.6. The normalized spacial score (nSPS) is 18.2. The number of aliphatic imine (C=N–C) groups is 1. The molecule has 5 rings (SSSR count). The van der Waals surface area contributed by atoms with Crippen LogP contribution >= 0.6 is 23.4 Å². The monoisotopic (exact) mass is 534 g/mol. The lowest BCUT2D eigenvalue weighted by molar-refractivity contribution is -0.138. The van der Waals surface area contributed by atoms with Gasteiger partial charge in [0.2, 0.25) is 0 Å². The van der Waals surface area contributed by atoms with Crippen LogP contribution in [-0.4, -0.2) is 50.6 Å². The summed E-state index contributed by atoms with van der Waals surface area (Å²) in [6.45, 7) is -0.0596. The molecule has 1 atom stereocenters. The van der Waals surface area contributed by atoms with Gasteiger partial charge in [0.05, 0.1) is 41.4 Å². The number of carbonyl (C=O) groups is 1. The molecule has 2 aliphatic rings. The first-order valence-electron chi connectivity index (χ1n) is 11.3. The van der Waals surface area contributed by atoms with E-state index >= 15 is 0 Å². The number of aliphatic hydroxyl groups is 1. The van der Waals surface area contributed by atoms with E-state index in [1.165, 1.54) is 28.6 Å². The highest BCUT2D eigenvalue weighted by Crippen LogP contribution is 2.38. The highest BCUT2D eigenvalue weighted by molar-refractivity contribution is 8.18. The maximum Gasteiger partial charge on any atom is 0.416 e. The van der Waals surface area contributed by atoms with Gasteiger partial charge in [-0.05, 0) is 72.0 Å². The van der Waals surface area contributed by atoms with Crippen LogP contribution in [0.3, 0.4) is 0 Å². The third-order valence-electron chi connectivity index (χ3n) is 6.42. The number of nitrogens with zero attached hydrogens (tertiary/aromatic N) is 4. The highest BCUT2D eigenvalue weighted by Gasteiger charge is 2.37. The largest absolute Gasteiger partial charge is 0.416 e. The Labute approximate surface area is 214 Å². The summed E-state index contributed by atoms with van der Waals surface area (Å²) in [4.78, 5) is 19.0. The lowest BCUT2D eigenvalue weighted by Gasteiger charge is -2.27. The molecular formula is C25H22ClF3N4O2S. The quantitative estimate of drug-likeness (QED) is 0.427. The number of rotatable bonds is 6. The number of fused-ring (bicyclic) bond motifs is 1. The number of amidine groups is 1. The van der Waals surface area contributed by atoms with E-state index in [-0.39, 0.29) is 35.7 Å². The number of aliphatic hydroxyl groups excluding tert-OH is 1. The fourth-order valence-corrected chi connectivity index (χ4v) is 5.45. The Morgan fingerprint density at radius 3 is 2.75 bits per heavy atom. The van der Waals surface area contributed by atoms with Crippen molar-refractivity contribution in [2.75, 3.05) is 13.7 Å². The zero-order valence-corrected chi connectivity index (χ0v) is 20.7. The molecule has 1 aliphatic heterocycles. The molecule has 0 radical (unpaired) electrons. The topological polar surface area (TPSA) is 70.7 Å². The van der Waals surface area contributed by atoms with Gasteiger partial charge >= 0.3 is 6.18 Å². The molecule has 2 aromatic carbocycles. The fourth-order valence-electron chi connectivity index (χ4n) is 4.34. The van der Waals surface area contributed by atoms with Crippen molar-refractivity contribution in [1.29, 1.82) is 0 Å². The number of benzene rings is 2. The Bertz CT molecular complexity index is 1400. The van der Waals surface area contributed by atoms with Crippen LogP contribution in [0.15, 0.2) is 52.5 Å². The number of carbonyl (C=O) groups excluding carboxylic acids is 1. The van der Waals surface area contributed by atoms with Crippen LogP contribution in [0.1, 0.15) is 29.5 Å². The molecule has 1 aliphatic carbocycles. The van der Waals surface area contributed by atoms with Crippen LogP contribution in [0.5, 0.6) is 0 Å². The third-order valence-corrected chi connectivity index (χ3v) is 7.73. The molecule has 1 saturated carbocycles. The minimum Gasteiger partial charge on any atom is -0.394 e. The first kappa shape index (κ1) is 24.9. The number of hydrogen-bond acceptors (Lipinski definition) is 5. The van der Waals surface area contributed by atoms with Crippen LogP contribution in [-0.2, 0) is 17.5 Å². The second-order valence-corrected chi connectivity index (χ2v) is 10.4. The van der Waals surface area contributed by atoms with Gasteiger partial charge in [-0.2, -0.15) is 23.3 Å². The summed E-state index contributed by atoms with van der Waals surface area (Å²) in [6, 6.07) is 9.04. The highest BCUT2D eigenvalue weighted by atomic mass is 35.5. The van der Waals surface area contributed by atoms with Crippen LogP contribution in [0.25, 0.3) is 17.0 Å². The molecular weight excluding hydrogens is 513 g/mol. The van der Waals surface area contributed by atoms with E-state index < -0.39 is 11.7 Å². The van der Waals surface area contributed by atoms with Gasteiger partial charge in [-0.3, -0.25) is 9.48 Å². The van der Waals surface area contributed by atoms with Gasteiger partial charge in [-0.1, -0.05) is 23.7 Å². The van der Waals surface area contributed by atoms with Gasteiger partial charge in [-0.15, -0.1) is 0 Å². The summed E-state index contributed by atoms with van der Waals surface area (Å²) in [5, 5.41) is 15.3. The number of likely N-dealkylation sites (N-methyl/N-ethyl adjacent to an activating group) is 1. The Hall–Kier alpha value is -2.82. The molecule has 1 fully saturated rings. The summed E-state index contributed by atoms with van der Waals surface area (Å²) in [7, 11) is 1.84. The van der Waals surface area contributed by atoms with Crippen molar-refractivity contribution in [3.8, 4) is 0 Å². The van der Waals surface area contributed by atoms with E-state index in [4.69, 9.17) is 11.6 Å². The molecule has 1 N–H and O–H groups in total. The lowest BCUT2D eigenvalue weighted by Crippen LogP contribution is -2.39. The minimum atomic E-state index is -4.53. The second-order valence-electron chi connectivity index (χ2n) is 8.93. The van der Waals surface area contributed by atoms with Crippen molar-refractivity contribution in [3.63, 3.8) is 0 Å². The van der Waals surface area contributed by atoms with Gasteiger partial charge in [0.1, 0.15) is 0 Å². The van der Waals surface area contributed by atoms with Crippen molar-refractivity contribution in [2.45, 2.75) is 31.6 Å². The molecule has 0 saturated heterocycles. The van der Waals surface area contributed by atoms with E-state index in [0.717, 1.165) is 29.9 Å². The Morgan fingerprint density at radius 2 is 2.06 bits per heavy atom. The molecule has 2 heterocycles. The number of thioether (sulfide) groups is 1. The van der Waals surface area contributed by atoms with Crippen LogP contribution in [0, 0.1) is 5.92 Å². The standard InChI is InChI=1S/C25H22ClF3N4O2S/c1-32(21(13-34)15-3-4-15)24-31-23(35)22(36-24)9-14-2-7-20-17(8-14)11-30-33(20)12-16-5-6-18(26)10-19(16)25(27,28)29/h2,5-11,15,21,34H,3-4,12-13H2,1H3. The maximum absolute atomic E-state index is 13.5. The van der Waals surface area contributed by atoms with Crippen molar-refractivity contribution in [3.05, 3.63) is 69.2 Å². The maximum atomic E-state index is 13.5. The molecule has 11 heteroatoms. The fraction of sp³-hybridized carbons (Fsp3) is 0.320. The van der Waals surface area contributed by atoms with Gasteiger partial charge < -0.3 is 10.0 Å². The molecule has 1 aromatic heterocycles. The van der Waals surface area contributed by atoms with Crippen molar-refractivity contribution < 1.29 is 23.1 Å². The number of alkyl halides is 3. The van der Waals surface area contributed by atoms with Gasteiger partial charge in [0.25, 0.3) is 5.91 Å². The van der Waals surface area contributed by atoms with E-state index in [1.54, 1.807) is 24.4 Å². The van der Waals surface area contributed by atoms with Gasteiger partial charge in [0, 0.05) is 17.5 Å². The molecule has 1 amide bonds. The van der Waals surface area contributed by atoms with E-state index in [0.29, 0.717) is 21.5 Å². The smallest absolute Gasteiger partial charge is 0.394 e. The van der Waals surface area contributed by atoms with Crippen molar-refractivity contribution in [2.24, 2.45) is 10.9 Å². The molecule has 188 valence electrons. The van der Waals surface area contributed by atoms with E-state index in [9.17, 15) is 23.1 Å². The third kappa shape index (κ3) is 5.02. The Kier molecular flexibility index (Phi) is 6.61. The molecule has 36 heavy (non-hydrogen) atoms. The number of hydrogen-bond donors (Lipinski definition) is 1. The minimum absolute atomic E-state index is 0.00905. The summed E-state index contributed by atoms with van der Waals surface area (Å²) in [6.07, 6.45) is 0.918. The molecule has 3 aromatic rings. The number of aromatic nitrogens is 2. The van der Waals surface area contributed by atoms with Crippen molar-refractivity contribution >= 4 is 51.4 Å². The van der Waals surface area contributed by atoms with Crippen LogP contribution < -0.4 is 0 Å². The predicted octanol–water partition coefficient (Wildman–Crippen LogP) is 5.43. The molecule has 0 spiro atoms. The Morgan fingerprint density at radius 1 is 1.28 bits per heavy atom. The summed E-state index contributed by atoms with van der Waals surface area (Å²) in [5.41, 5.74) is 0.692. The summed E-state index contributed by atoms with van der Waals surface area (Å²) in [5.74, 6) is 0.0815.